The van der Waals surface area contributed by atoms with E-state index >= 15 is 0 Å². The summed E-state index contributed by atoms with van der Waals surface area (Å²) in [5.41, 5.74) is 6.65. The van der Waals surface area contributed by atoms with Crippen molar-refractivity contribution < 1.29 is 14.3 Å². The minimum absolute atomic E-state index is 0.123. The standard InChI is InChI=1S/C15H21N3O3/c1-10(9-18-7-3-4-14(18)19)17-15(20)12-6-5-11(16)8-13(12)21-2/h5-6,8,10H,3-4,7,9,16H2,1-2H3,(H,17,20). The molecule has 1 aliphatic heterocycles. The van der Waals surface area contributed by atoms with Gasteiger partial charge in [-0.3, -0.25) is 9.59 Å². The number of benzene rings is 1. The maximum absolute atomic E-state index is 12.3. The first kappa shape index (κ1) is 15.2. The number of nitrogen functional groups attached to an aromatic ring is 1. The van der Waals surface area contributed by atoms with E-state index < -0.39 is 0 Å². The third-order valence-electron chi connectivity index (χ3n) is 3.51. The van der Waals surface area contributed by atoms with Gasteiger partial charge in [0.25, 0.3) is 5.91 Å². The number of carbonyl (C=O) groups is 2. The molecule has 2 rings (SSSR count). The number of ether oxygens (including phenoxy) is 1. The van der Waals surface area contributed by atoms with Gasteiger partial charge in [-0.2, -0.15) is 0 Å². The second-order valence-corrected chi connectivity index (χ2v) is 5.28. The van der Waals surface area contributed by atoms with E-state index in [1.165, 1.54) is 7.11 Å². The van der Waals surface area contributed by atoms with Crippen LogP contribution in [0.3, 0.4) is 0 Å². The third-order valence-corrected chi connectivity index (χ3v) is 3.51. The van der Waals surface area contributed by atoms with Crippen LogP contribution in [-0.4, -0.2) is 43.0 Å². The summed E-state index contributed by atoms with van der Waals surface area (Å²) in [6.07, 6.45) is 1.50. The molecule has 6 heteroatoms. The predicted octanol–water partition coefficient (Wildman–Crippen LogP) is 1.02. The molecule has 1 aromatic rings. The van der Waals surface area contributed by atoms with Crippen molar-refractivity contribution in [2.45, 2.75) is 25.8 Å². The van der Waals surface area contributed by atoms with Crippen LogP contribution in [0.2, 0.25) is 0 Å². The Bertz CT molecular complexity index is 545. The number of nitrogens with one attached hydrogen (secondary N) is 1. The fraction of sp³-hybridized carbons (Fsp3) is 0.467. The van der Waals surface area contributed by atoms with Gasteiger partial charge in [-0.1, -0.05) is 0 Å². The number of hydrogen-bond acceptors (Lipinski definition) is 4. The van der Waals surface area contributed by atoms with Crippen molar-refractivity contribution in [1.29, 1.82) is 0 Å². The number of amides is 2. The zero-order valence-electron chi connectivity index (χ0n) is 12.4. The van der Waals surface area contributed by atoms with Gasteiger partial charge >= 0.3 is 0 Å². The van der Waals surface area contributed by atoms with Crippen LogP contribution in [0.1, 0.15) is 30.1 Å². The number of anilines is 1. The highest BCUT2D eigenvalue weighted by Gasteiger charge is 2.23. The molecule has 6 nitrogen and oxygen atoms in total. The van der Waals surface area contributed by atoms with Crippen LogP contribution in [0.5, 0.6) is 5.75 Å². The number of likely N-dealkylation sites (tertiary alicyclic amines) is 1. The minimum atomic E-state index is -0.231. The topological polar surface area (TPSA) is 84.7 Å². The molecule has 0 aromatic heterocycles. The summed E-state index contributed by atoms with van der Waals surface area (Å²) in [7, 11) is 1.50. The molecule has 1 aliphatic rings. The highest BCUT2D eigenvalue weighted by Crippen LogP contribution is 2.21. The van der Waals surface area contributed by atoms with Crippen molar-refractivity contribution in [1.82, 2.24) is 10.2 Å². The number of carbonyl (C=O) groups excluding carboxylic acids is 2. The lowest BCUT2D eigenvalue weighted by Crippen LogP contribution is -2.42. The van der Waals surface area contributed by atoms with E-state index in [2.05, 4.69) is 5.32 Å². The zero-order valence-corrected chi connectivity index (χ0v) is 12.4. The van der Waals surface area contributed by atoms with Gasteiger partial charge in [0.05, 0.1) is 12.7 Å². The Morgan fingerprint density at radius 3 is 2.90 bits per heavy atom. The van der Waals surface area contributed by atoms with Gasteiger partial charge in [-0.25, -0.2) is 0 Å². The van der Waals surface area contributed by atoms with Crippen LogP contribution in [0.25, 0.3) is 0 Å². The molecule has 1 fully saturated rings. The van der Waals surface area contributed by atoms with Crippen molar-refractivity contribution in [3.63, 3.8) is 0 Å². The van der Waals surface area contributed by atoms with Crippen molar-refractivity contribution in [3.05, 3.63) is 23.8 Å². The van der Waals surface area contributed by atoms with Crippen LogP contribution in [-0.2, 0) is 4.79 Å². The largest absolute Gasteiger partial charge is 0.496 e. The van der Waals surface area contributed by atoms with Gasteiger partial charge < -0.3 is 20.7 Å². The lowest BCUT2D eigenvalue weighted by molar-refractivity contribution is -0.127. The van der Waals surface area contributed by atoms with Crippen LogP contribution < -0.4 is 15.8 Å². The monoisotopic (exact) mass is 291 g/mol. The van der Waals surface area contributed by atoms with Gasteiger partial charge in [0.2, 0.25) is 5.91 Å². The smallest absolute Gasteiger partial charge is 0.255 e. The Labute approximate surface area is 124 Å². The quantitative estimate of drug-likeness (QED) is 0.793. The first-order valence-electron chi connectivity index (χ1n) is 7.03. The number of rotatable bonds is 5. The second-order valence-electron chi connectivity index (χ2n) is 5.28. The predicted molar refractivity (Wildman–Crippen MR) is 80.1 cm³/mol. The Kier molecular flexibility index (Phi) is 4.67. The van der Waals surface area contributed by atoms with E-state index in [1.54, 1.807) is 23.1 Å². The Hall–Kier alpha value is -2.24. The Balaban J connectivity index is 1.99. The number of nitrogens with two attached hydrogens (primary N) is 1. The molecule has 1 aromatic carbocycles. The highest BCUT2D eigenvalue weighted by atomic mass is 16.5. The normalized spacial score (nSPS) is 15.9. The summed E-state index contributed by atoms with van der Waals surface area (Å²) in [4.78, 5) is 25.6. The molecular formula is C15H21N3O3. The first-order valence-corrected chi connectivity index (χ1v) is 7.03. The molecule has 1 atom stereocenters. The summed E-state index contributed by atoms with van der Waals surface area (Å²) in [5, 5.41) is 2.88. The summed E-state index contributed by atoms with van der Waals surface area (Å²) < 4.78 is 5.17. The van der Waals surface area contributed by atoms with Gasteiger partial charge in [0.15, 0.2) is 0 Å². The van der Waals surface area contributed by atoms with Gasteiger partial charge in [-0.05, 0) is 25.5 Å². The fourth-order valence-corrected chi connectivity index (χ4v) is 2.47. The second kappa shape index (κ2) is 6.47. The van der Waals surface area contributed by atoms with Gasteiger partial charge in [0, 0.05) is 37.3 Å². The van der Waals surface area contributed by atoms with E-state index in [9.17, 15) is 9.59 Å². The molecule has 0 radical (unpaired) electrons. The Morgan fingerprint density at radius 2 is 2.29 bits per heavy atom. The molecule has 1 unspecified atom stereocenters. The maximum Gasteiger partial charge on any atom is 0.255 e. The van der Waals surface area contributed by atoms with E-state index in [0.29, 0.717) is 30.0 Å². The van der Waals surface area contributed by atoms with E-state index in [0.717, 1.165) is 13.0 Å². The molecule has 3 N–H and O–H groups in total. The molecule has 0 aliphatic carbocycles. The van der Waals surface area contributed by atoms with E-state index in [-0.39, 0.29) is 17.9 Å². The lowest BCUT2D eigenvalue weighted by Gasteiger charge is -2.22. The molecule has 0 saturated carbocycles. The van der Waals surface area contributed by atoms with Crippen LogP contribution in [0.4, 0.5) is 5.69 Å². The molecule has 2 amide bonds. The average Bonchev–Trinajstić information content (AvgIpc) is 2.83. The zero-order chi connectivity index (χ0) is 15.4. The fourth-order valence-electron chi connectivity index (χ4n) is 2.47. The van der Waals surface area contributed by atoms with E-state index in [4.69, 9.17) is 10.5 Å². The SMILES string of the molecule is COc1cc(N)ccc1C(=O)NC(C)CN1CCCC1=O. The van der Waals surface area contributed by atoms with E-state index in [1.807, 2.05) is 6.92 Å². The molecule has 21 heavy (non-hydrogen) atoms. The molecule has 1 heterocycles. The van der Waals surface area contributed by atoms with Crippen molar-refractivity contribution in [2.24, 2.45) is 0 Å². The summed E-state index contributed by atoms with van der Waals surface area (Å²) in [6, 6.07) is 4.79. The average molecular weight is 291 g/mol. The van der Waals surface area contributed by atoms with Crippen LogP contribution in [0.15, 0.2) is 18.2 Å². The summed E-state index contributed by atoms with van der Waals surface area (Å²) >= 11 is 0. The van der Waals surface area contributed by atoms with Gasteiger partial charge in [-0.15, -0.1) is 0 Å². The summed E-state index contributed by atoms with van der Waals surface area (Å²) in [6.45, 7) is 3.18. The highest BCUT2D eigenvalue weighted by molar-refractivity contribution is 5.97. The third kappa shape index (κ3) is 3.65. The van der Waals surface area contributed by atoms with Gasteiger partial charge in [0.1, 0.15) is 5.75 Å². The Morgan fingerprint density at radius 1 is 1.52 bits per heavy atom. The van der Waals surface area contributed by atoms with Crippen molar-refractivity contribution >= 4 is 17.5 Å². The number of nitrogens with zero attached hydrogens (tertiary/aromatic N) is 1. The number of methoxy groups -OCH3 is 1. The molecule has 114 valence electrons. The van der Waals surface area contributed by atoms with Crippen LogP contribution >= 0.6 is 0 Å². The summed E-state index contributed by atoms with van der Waals surface area (Å²) in [5.74, 6) is 0.365. The lowest BCUT2D eigenvalue weighted by atomic mass is 10.1. The molecular weight excluding hydrogens is 270 g/mol. The molecule has 0 spiro atoms. The molecule has 1 saturated heterocycles. The van der Waals surface area contributed by atoms with Crippen molar-refractivity contribution in [3.8, 4) is 5.75 Å². The number of hydrogen-bond donors (Lipinski definition) is 2. The first-order chi connectivity index (χ1) is 10.0. The van der Waals surface area contributed by atoms with Crippen molar-refractivity contribution in [2.75, 3.05) is 25.9 Å². The minimum Gasteiger partial charge on any atom is -0.496 e. The maximum atomic E-state index is 12.3. The molecule has 0 bridgehead atoms. The van der Waals surface area contributed by atoms with Crippen LogP contribution in [0, 0.1) is 0 Å².